The standard InChI is InChI=1S/C28H29FN8O2.H2O/c1-17-33-12-18(13-34-17)15-38-23-9-20(29)10-24(11-23)39-22-6-4-19(5-7-22)26(30)25-27(31)35-16-36-28(25)37-21-3-2-8-32-14-21;/h4-7,9-13,16,21,30,32H,2-3,8,14-15H2,1H3,(H3,31,35,36,37);1H2. The van der Waals surface area contributed by atoms with E-state index in [4.69, 9.17) is 20.6 Å². The fourth-order valence-corrected chi connectivity index (χ4v) is 4.23. The van der Waals surface area contributed by atoms with Crippen LogP contribution in [0.15, 0.2) is 61.2 Å². The van der Waals surface area contributed by atoms with Gasteiger partial charge in [-0.3, -0.25) is 5.41 Å². The lowest BCUT2D eigenvalue weighted by Gasteiger charge is -2.25. The van der Waals surface area contributed by atoms with Crippen molar-refractivity contribution in [3.05, 3.63) is 89.5 Å². The molecule has 1 fully saturated rings. The maximum absolute atomic E-state index is 14.3. The molecule has 1 atom stereocenters. The van der Waals surface area contributed by atoms with Crippen LogP contribution < -0.4 is 25.8 Å². The average molecular weight is 547 g/mol. The number of aryl methyl sites for hydroxylation is 1. The molecule has 0 amide bonds. The maximum Gasteiger partial charge on any atom is 0.141 e. The summed E-state index contributed by atoms with van der Waals surface area (Å²) in [6.45, 7) is 3.80. The Morgan fingerprint density at radius 3 is 2.55 bits per heavy atom. The first-order chi connectivity index (χ1) is 18.9. The number of rotatable bonds is 9. The predicted molar refractivity (Wildman–Crippen MR) is 150 cm³/mol. The van der Waals surface area contributed by atoms with Crippen LogP contribution in [0.3, 0.4) is 0 Å². The first-order valence-corrected chi connectivity index (χ1v) is 12.6. The maximum atomic E-state index is 14.3. The molecule has 208 valence electrons. The molecule has 0 spiro atoms. The fourth-order valence-electron chi connectivity index (χ4n) is 4.23. The van der Waals surface area contributed by atoms with Gasteiger partial charge < -0.3 is 31.3 Å². The quantitative estimate of drug-likeness (QED) is 0.229. The lowest BCUT2D eigenvalue weighted by Crippen LogP contribution is -2.39. The van der Waals surface area contributed by atoms with Crippen LogP contribution in [0, 0.1) is 18.2 Å². The highest BCUT2D eigenvalue weighted by Crippen LogP contribution is 2.29. The largest absolute Gasteiger partial charge is 0.489 e. The number of hydrogen-bond acceptors (Lipinski definition) is 10. The summed E-state index contributed by atoms with van der Waals surface area (Å²) in [4.78, 5) is 16.7. The molecule has 0 bridgehead atoms. The Balaban J connectivity index is 0.00000370. The van der Waals surface area contributed by atoms with Crippen LogP contribution in [-0.4, -0.2) is 50.3 Å². The first kappa shape index (κ1) is 28.3. The van der Waals surface area contributed by atoms with Crippen molar-refractivity contribution in [1.82, 2.24) is 25.3 Å². The molecule has 1 aliphatic heterocycles. The van der Waals surface area contributed by atoms with E-state index in [1.807, 2.05) is 0 Å². The molecule has 5 rings (SSSR count). The molecule has 0 aliphatic carbocycles. The lowest BCUT2D eigenvalue weighted by molar-refractivity contribution is 0.301. The minimum Gasteiger partial charge on any atom is -0.489 e. The number of hydrogen-bond donors (Lipinski definition) is 4. The molecule has 1 aliphatic rings. The van der Waals surface area contributed by atoms with Gasteiger partial charge in [-0.25, -0.2) is 24.3 Å². The van der Waals surface area contributed by atoms with Crippen molar-refractivity contribution < 1.29 is 19.3 Å². The molecular formula is C28H31FN8O3. The summed E-state index contributed by atoms with van der Waals surface area (Å²) in [6, 6.07) is 11.3. The zero-order valence-electron chi connectivity index (χ0n) is 21.9. The molecular weight excluding hydrogens is 515 g/mol. The second kappa shape index (κ2) is 12.9. The number of piperidine rings is 1. The van der Waals surface area contributed by atoms with E-state index < -0.39 is 5.82 Å². The van der Waals surface area contributed by atoms with Gasteiger partial charge >= 0.3 is 0 Å². The minimum atomic E-state index is -0.492. The first-order valence-electron chi connectivity index (χ1n) is 12.6. The highest BCUT2D eigenvalue weighted by molar-refractivity contribution is 6.16. The molecule has 0 radical (unpaired) electrons. The SMILES string of the molecule is Cc1ncc(COc2cc(F)cc(Oc3ccc(C(=N)c4c(N)ncnc4NC4CCCNC4)cc3)c2)cn1.O. The number of ether oxygens (including phenoxy) is 2. The van der Waals surface area contributed by atoms with Gasteiger partial charge in [-0.1, -0.05) is 0 Å². The molecule has 2 aromatic carbocycles. The number of aromatic nitrogens is 4. The van der Waals surface area contributed by atoms with E-state index in [1.54, 1.807) is 49.6 Å². The average Bonchev–Trinajstić information content (AvgIpc) is 2.93. The summed E-state index contributed by atoms with van der Waals surface area (Å²) < 4.78 is 25.8. The second-order valence-corrected chi connectivity index (χ2v) is 9.22. The zero-order chi connectivity index (χ0) is 27.2. The molecule has 12 heteroatoms. The van der Waals surface area contributed by atoms with Gasteiger partial charge in [0.2, 0.25) is 0 Å². The van der Waals surface area contributed by atoms with Gasteiger partial charge in [-0.2, -0.15) is 0 Å². The summed E-state index contributed by atoms with van der Waals surface area (Å²) in [5, 5.41) is 15.6. The monoisotopic (exact) mass is 546 g/mol. The molecule has 40 heavy (non-hydrogen) atoms. The summed E-state index contributed by atoms with van der Waals surface area (Å²) in [5.74, 6) is 2.00. The van der Waals surface area contributed by atoms with Gasteiger partial charge in [0.15, 0.2) is 0 Å². The van der Waals surface area contributed by atoms with Gasteiger partial charge in [0.05, 0.1) is 11.3 Å². The summed E-state index contributed by atoms with van der Waals surface area (Å²) in [6.07, 6.45) is 6.79. The third-order valence-electron chi connectivity index (χ3n) is 6.23. The van der Waals surface area contributed by atoms with Crippen LogP contribution in [0.25, 0.3) is 0 Å². The number of benzene rings is 2. The van der Waals surface area contributed by atoms with Crippen LogP contribution >= 0.6 is 0 Å². The number of nitrogen functional groups attached to an aromatic ring is 1. The van der Waals surface area contributed by atoms with Crippen molar-refractivity contribution >= 4 is 17.3 Å². The van der Waals surface area contributed by atoms with E-state index in [1.165, 1.54) is 18.5 Å². The Morgan fingerprint density at radius 1 is 1.07 bits per heavy atom. The zero-order valence-corrected chi connectivity index (χ0v) is 21.9. The lowest BCUT2D eigenvalue weighted by atomic mass is 10.0. The van der Waals surface area contributed by atoms with E-state index in [0.29, 0.717) is 34.3 Å². The number of nitrogens with zero attached hydrogens (tertiary/aromatic N) is 4. The van der Waals surface area contributed by atoms with Crippen molar-refractivity contribution in [2.75, 3.05) is 24.1 Å². The third kappa shape index (κ3) is 7.04. The Bertz CT molecular complexity index is 1450. The van der Waals surface area contributed by atoms with Crippen LogP contribution in [0.5, 0.6) is 17.2 Å². The predicted octanol–water partition coefficient (Wildman–Crippen LogP) is 3.42. The molecule has 11 nitrogen and oxygen atoms in total. The van der Waals surface area contributed by atoms with Gasteiger partial charge in [0, 0.05) is 54.3 Å². The molecule has 1 saturated heterocycles. The molecule has 1 unspecified atom stereocenters. The van der Waals surface area contributed by atoms with Crippen LogP contribution in [0.4, 0.5) is 16.0 Å². The number of halogens is 1. The van der Waals surface area contributed by atoms with E-state index in [2.05, 4.69) is 30.6 Å². The normalized spacial score (nSPS) is 14.6. The second-order valence-electron chi connectivity index (χ2n) is 9.22. The van der Waals surface area contributed by atoms with Crippen LogP contribution in [-0.2, 0) is 6.61 Å². The highest BCUT2D eigenvalue weighted by Gasteiger charge is 2.20. The van der Waals surface area contributed by atoms with Crippen molar-refractivity contribution in [1.29, 1.82) is 5.41 Å². The number of nitrogens with two attached hydrogens (primary N) is 1. The summed E-state index contributed by atoms with van der Waals surface area (Å²) in [5.41, 5.74) is 8.18. The smallest absolute Gasteiger partial charge is 0.141 e. The number of nitrogens with one attached hydrogen (secondary N) is 3. The molecule has 3 heterocycles. The van der Waals surface area contributed by atoms with E-state index >= 15 is 0 Å². The number of anilines is 2. The van der Waals surface area contributed by atoms with Gasteiger partial charge in [0.25, 0.3) is 0 Å². The molecule has 7 N–H and O–H groups in total. The Kier molecular flexibility index (Phi) is 9.15. The van der Waals surface area contributed by atoms with Gasteiger partial charge in [0.1, 0.15) is 53.5 Å². The van der Waals surface area contributed by atoms with Gasteiger partial charge in [-0.05, 0) is 50.6 Å². The van der Waals surface area contributed by atoms with E-state index in [0.717, 1.165) is 31.5 Å². The summed E-state index contributed by atoms with van der Waals surface area (Å²) in [7, 11) is 0. The highest BCUT2D eigenvalue weighted by atomic mass is 19.1. The van der Waals surface area contributed by atoms with Crippen molar-refractivity contribution in [2.45, 2.75) is 32.4 Å². The molecule has 0 saturated carbocycles. The minimum absolute atomic E-state index is 0. The topological polar surface area (TPSA) is 175 Å². The van der Waals surface area contributed by atoms with Crippen molar-refractivity contribution in [3.63, 3.8) is 0 Å². The Morgan fingerprint density at radius 2 is 1.82 bits per heavy atom. The van der Waals surface area contributed by atoms with E-state index in [9.17, 15) is 4.39 Å². The third-order valence-corrected chi connectivity index (χ3v) is 6.23. The van der Waals surface area contributed by atoms with Crippen molar-refractivity contribution in [2.24, 2.45) is 0 Å². The van der Waals surface area contributed by atoms with Gasteiger partial charge in [-0.15, -0.1) is 0 Å². The summed E-state index contributed by atoms with van der Waals surface area (Å²) >= 11 is 0. The molecule has 4 aromatic rings. The Hall–Kier alpha value is -4.68. The van der Waals surface area contributed by atoms with Crippen LogP contribution in [0.2, 0.25) is 0 Å². The fraction of sp³-hybridized carbons (Fsp3) is 0.250. The molecule has 2 aromatic heterocycles. The van der Waals surface area contributed by atoms with Crippen molar-refractivity contribution in [3.8, 4) is 17.2 Å². The Labute approximate surface area is 230 Å². The van der Waals surface area contributed by atoms with E-state index in [-0.39, 0.29) is 35.4 Å². The van der Waals surface area contributed by atoms with Crippen LogP contribution in [0.1, 0.15) is 35.4 Å².